The Morgan fingerprint density at radius 1 is 1.29 bits per heavy atom. The number of amides is 2. The Hall–Kier alpha value is -2.93. The lowest BCUT2D eigenvalue weighted by Crippen LogP contribution is -2.34. The zero-order valence-electron chi connectivity index (χ0n) is 12.7. The third-order valence-electron chi connectivity index (χ3n) is 3.76. The molecule has 2 aromatic carbocycles. The number of carbonyl (C=O) groups excluding carboxylic acids is 2. The lowest BCUT2D eigenvalue weighted by molar-refractivity contribution is -0.122. The van der Waals surface area contributed by atoms with Crippen LogP contribution in [0.15, 0.2) is 41.9 Å². The van der Waals surface area contributed by atoms with Crippen molar-refractivity contribution in [2.75, 3.05) is 10.6 Å². The van der Waals surface area contributed by atoms with Crippen molar-refractivity contribution in [3.05, 3.63) is 47.5 Å². The summed E-state index contributed by atoms with van der Waals surface area (Å²) in [5, 5.41) is 5.59. The fourth-order valence-corrected chi connectivity index (χ4v) is 3.20. The van der Waals surface area contributed by atoms with Gasteiger partial charge in [-0.3, -0.25) is 9.59 Å². The smallest absolute Gasteiger partial charge is 0.265 e. The van der Waals surface area contributed by atoms with Gasteiger partial charge in [0.05, 0.1) is 21.4 Å². The highest BCUT2D eigenvalue weighted by atomic mass is 32.1. The molecule has 2 amide bonds. The second kappa shape index (κ2) is 5.61. The highest BCUT2D eigenvalue weighted by molar-refractivity contribution is 7.16. The minimum Gasteiger partial charge on any atom is -0.479 e. The third-order valence-corrected chi connectivity index (χ3v) is 4.55. The zero-order valence-corrected chi connectivity index (χ0v) is 13.5. The summed E-state index contributed by atoms with van der Waals surface area (Å²) in [6.45, 7) is 1.68. The van der Waals surface area contributed by atoms with Gasteiger partial charge in [0, 0.05) is 11.3 Å². The molecule has 120 valence electrons. The predicted molar refractivity (Wildman–Crippen MR) is 92.7 cm³/mol. The van der Waals surface area contributed by atoms with Gasteiger partial charge in [-0.2, -0.15) is 0 Å². The minimum atomic E-state index is -0.524. The molecule has 1 aromatic heterocycles. The van der Waals surface area contributed by atoms with Gasteiger partial charge >= 0.3 is 0 Å². The van der Waals surface area contributed by atoms with Gasteiger partial charge in [0.25, 0.3) is 11.8 Å². The van der Waals surface area contributed by atoms with E-state index >= 15 is 0 Å². The topological polar surface area (TPSA) is 80.3 Å². The normalized spacial score (nSPS) is 16.2. The van der Waals surface area contributed by atoms with E-state index in [0.29, 0.717) is 22.7 Å². The van der Waals surface area contributed by atoms with Crippen molar-refractivity contribution in [2.45, 2.75) is 13.0 Å². The second-order valence-corrected chi connectivity index (χ2v) is 6.34. The van der Waals surface area contributed by atoms with Crippen LogP contribution in [0.1, 0.15) is 17.3 Å². The Morgan fingerprint density at radius 3 is 3.04 bits per heavy atom. The van der Waals surface area contributed by atoms with Gasteiger partial charge in [-0.25, -0.2) is 4.98 Å². The van der Waals surface area contributed by atoms with E-state index in [1.54, 1.807) is 36.7 Å². The molecule has 0 unspecified atom stereocenters. The van der Waals surface area contributed by atoms with Gasteiger partial charge in [-0.05, 0) is 43.3 Å². The first-order valence-corrected chi connectivity index (χ1v) is 8.24. The number of carbonyl (C=O) groups is 2. The van der Waals surface area contributed by atoms with E-state index < -0.39 is 6.10 Å². The van der Waals surface area contributed by atoms with Crippen molar-refractivity contribution in [3.8, 4) is 5.75 Å². The number of hydrogen-bond acceptors (Lipinski definition) is 5. The number of benzene rings is 2. The molecule has 0 saturated carbocycles. The number of fused-ring (bicyclic) bond motifs is 2. The van der Waals surface area contributed by atoms with Crippen LogP contribution in [0.5, 0.6) is 5.75 Å². The van der Waals surface area contributed by atoms with Crippen molar-refractivity contribution in [1.82, 2.24) is 4.98 Å². The van der Waals surface area contributed by atoms with Crippen LogP contribution in [-0.4, -0.2) is 22.9 Å². The van der Waals surface area contributed by atoms with Crippen LogP contribution in [0.4, 0.5) is 11.4 Å². The number of thiazole rings is 1. The summed E-state index contributed by atoms with van der Waals surface area (Å²) in [7, 11) is 0. The molecule has 1 aliphatic rings. The van der Waals surface area contributed by atoms with E-state index in [4.69, 9.17) is 4.74 Å². The quantitative estimate of drug-likeness (QED) is 0.751. The Labute approximate surface area is 141 Å². The van der Waals surface area contributed by atoms with Gasteiger partial charge in [0.2, 0.25) is 0 Å². The first-order chi connectivity index (χ1) is 11.6. The number of hydrogen-bond donors (Lipinski definition) is 2. The Bertz CT molecular complexity index is 967. The van der Waals surface area contributed by atoms with Crippen LogP contribution in [0.2, 0.25) is 0 Å². The minimum absolute atomic E-state index is 0.207. The molecule has 0 aliphatic carbocycles. The molecular formula is C17H13N3O3S. The highest BCUT2D eigenvalue weighted by Gasteiger charge is 2.23. The van der Waals surface area contributed by atoms with Crippen LogP contribution in [0.25, 0.3) is 10.2 Å². The Balaban J connectivity index is 1.57. The number of anilines is 2. The third kappa shape index (κ3) is 2.59. The molecule has 7 heteroatoms. The van der Waals surface area contributed by atoms with Crippen LogP contribution < -0.4 is 15.4 Å². The summed E-state index contributed by atoms with van der Waals surface area (Å²) >= 11 is 1.49. The number of aromatic nitrogens is 1. The standard InChI is InChI=1S/C17H13N3O3S/c1-9-16(21)20-13-7-11(3-5-14(13)23-9)19-17(22)10-2-4-12-15(6-10)24-8-18-12/h2-9H,1H3,(H,19,22)(H,20,21)/t9-/m0/s1. The summed E-state index contributed by atoms with van der Waals surface area (Å²) in [5.41, 5.74) is 4.31. The average Bonchev–Trinajstić information content (AvgIpc) is 3.03. The first-order valence-electron chi connectivity index (χ1n) is 7.36. The van der Waals surface area contributed by atoms with E-state index in [-0.39, 0.29) is 11.8 Å². The molecule has 1 atom stereocenters. The van der Waals surface area contributed by atoms with Gasteiger partial charge < -0.3 is 15.4 Å². The van der Waals surface area contributed by atoms with E-state index in [2.05, 4.69) is 15.6 Å². The molecule has 0 bridgehead atoms. The van der Waals surface area contributed by atoms with Gasteiger partial charge in [0.15, 0.2) is 6.10 Å². The summed E-state index contributed by atoms with van der Waals surface area (Å²) in [5.74, 6) is 0.162. The maximum absolute atomic E-state index is 12.4. The van der Waals surface area contributed by atoms with Crippen molar-refractivity contribution >= 4 is 44.7 Å². The molecule has 1 aliphatic heterocycles. The number of ether oxygens (including phenoxy) is 1. The Kier molecular flexibility index (Phi) is 3.42. The maximum atomic E-state index is 12.4. The van der Waals surface area contributed by atoms with Gasteiger partial charge in [0.1, 0.15) is 5.75 Å². The van der Waals surface area contributed by atoms with E-state index in [1.807, 2.05) is 12.1 Å². The molecule has 6 nitrogen and oxygen atoms in total. The molecule has 2 N–H and O–H groups in total. The van der Waals surface area contributed by atoms with Gasteiger partial charge in [-0.15, -0.1) is 11.3 Å². The fourth-order valence-electron chi connectivity index (χ4n) is 2.49. The maximum Gasteiger partial charge on any atom is 0.265 e. The average molecular weight is 339 g/mol. The van der Waals surface area contributed by atoms with Crippen LogP contribution >= 0.6 is 11.3 Å². The molecule has 0 spiro atoms. The summed E-state index contributed by atoms with van der Waals surface area (Å²) in [6, 6.07) is 10.5. The highest BCUT2D eigenvalue weighted by Crippen LogP contribution is 2.32. The lowest BCUT2D eigenvalue weighted by atomic mass is 10.1. The van der Waals surface area contributed by atoms with E-state index in [9.17, 15) is 9.59 Å². The van der Waals surface area contributed by atoms with E-state index in [1.165, 1.54) is 11.3 Å². The Morgan fingerprint density at radius 2 is 2.17 bits per heavy atom. The SMILES string of the molecule is C[C@@H]1Oc2ccc(NC(=O)c3ccc4ncsc4c3)cc2NC1=O. The summed E-state index contributed by atoms with van der Waals surface area (Å²) < 4.78 is 6.46. The van der Waals surface area contributed by atoms with E-state index in [0.717, 1.165) is 10.2 Å². The summed E-state index contributed by atoms with van der Waals surface area (Å²) in [6.07, 6.45) is -0.524. The molecule has 3 aromatic rings. The number of rotatable bonds is 2. The second-order valence-electron chi connectivity index (χ2n) is 5.45. The zero-order chi connectivity index (χ0) is 16.7. The van der Waals surface area contributed by atoms with Crippen molar-refractivity contribution in [1.29, 1.82) is 0 Å². The van der Waals surface area contributed by atoms with Crippen LogP contribution in [0.3, 0.4) is 0 Å². The predicted octanol–water partition coefficient (Wildman–Crippen LogP) is 3.27. The van der Waals surface area contributed by atoms with Crippen LogP contribution in [-0.2, 0) is 4.79 Å². The first kappa shape index (κ1) is 14.6. The van der Waals surface area contributed by atoms with Crippen molar-refractivity contribution in [2.24, 2.45) is 0 Å². The molecule has 24 heavy (non-hydrogen) atoms. The molecule has 0 radical (unpaired) electrons. The lowest BCUT2D eigenvalue weighted by Gasteiger charge is -2.23. The molecule has 4 rings (SSSR count). The van der Waals surface area contributed by atoms with Crippen LogP contribution in [0, 0.1) is 0 Å². The number of nitrogens with one attached hydrogen (secondary N) is 2. The van der Waals surface area contributed by atoms with Gasteiger partial charge in [-0.1, -0.05) is 0 Å². The van der Waals surface area contributed by atoms with Crippen molar-refractivity contribution in [3.63, 3.8) is 0 Å². The van der Waals surface area contributed by atoms with Crippen molar-refractivity contribution < 1.29 is 14.3 Å². The molecule has 2 heterocycles. The summed E-state index contributed by atoms with van der Waals surface area (Å²) in [4.78, 5) is 28.3. The number of nitrogens with zero attached hydrogens (tertiary/aromatic N) is 1. The fraction of sp³-hybridized carbons (Fsp3) is 0.118. The monoisotopic (exact) mass is 339 g/mol. The molecular weight excluding hydrogens is 326 g/mol. The molecule has 0 fully saturated rings. The molecule has 0 saturated heterocycles. The largest absolute Gasteiger partial charge is 0.479 e.